The van der Waals surface area contributed by atoms with Gasteiger partial charge in [0, 0.05) is 31.5 Å². The van der Waals surface area contributed by atoms with Gasteiger partial charge in [0.05, 0.1) is 29.5 Å². The Hall–Kier alpha value is -1.75. The molecule has 0 aliphatic heterocycles. The standard InChI is InChI=1S/C17H16Cl2N2O2/c1-22-8-6-12-10-21-7-5-11(9-15(21)20-12)16-14(23-2)4-3-13(18)17(16)19/h3-5,7,9-10H,6,8H2,1-2H3. The number of rotatable bonds is 5. The van der Waals surface area contributed by atoms with E-state index in [1.54, 1.807) is 20.3 Å². The number of aromatic nitrogens is 2. The van der Waals surface area contributed by atoms with Crippen LogP contribution in [0.1, 0.15) is 5.69 Å². The Kier molecular flexibility index (Phi) is 4.76. The lowest BCUT2D eigenvalue weighted by atomic mass is 10.1. The molecule has 6 heteroatoms. The number of fused-ring (bicyclic) bond motifs is 1. The SMILES string of the molecule is COCCc1cn2ccc(-c3c(OC)ccc(Cl)c3Cl)cc2n1. The van der Waals surface area contributed by atoms with Crippen molar-refractivity contribution in [3.05, 3.63) is 52.4 Å². The summed E-state index contributed by atoms with van der Waals surface area (Å²) >= 11 is 12.5. The minimum absolute atomic E-state index is 0.474. The predicted molar refractivity (Wildman–Crippen MR) is 92.8 cm³/mol. The van der Waals surface area contributed by atoms with Gasteiger partial charge < -0.3 is 13.9 Å². The van der Waals surface area contributed by atoms with Crippen LogP contribution in [0.4, 0.5) is 0 Å². The van der Waals surface area contributed by atoms with Crippen LogP contribution in [0.5, 0.6) is 5.75 Å². The predicted octanol–water partition coefficient (Wildman–Crippen LogP) is 4.51. The molecule has 0 saturated carbocycles. The van der Waals surface area contributed by atoms with E-state index in [1.165, 1.54) is 0 Å². The van der Waals surface area contributed by atoms with Crippen molar-refractivity contribution in [2.75, 3.05) is 20.8 Å². The lowest BCUT2D eigenvalue weighted by molar-refractivity contribution is 0.201. The molecule has 0 N–H and O–H groups in total. The molecule has 0 spiro atoms. The fraction of sp³-hybridized carbons (Fsp3) is 0.235. The molecule has 0 radical (unpaired) electrons. The molecule has 1 aromatic carbocycles. The highest BCUT2D eigenvalue weighted by atomic mass is 35.5. The summed E-state index contributed by atoms with van der Waals surface area (Å²) < 4.78 is 12.5. The summed E-state index contributed by atoms with van der Waals surface area (Å²) in [6, 6.07) is 7.47. The van der Waals surface area contributed by atoms with Gasteiger partial charge in [0.2, 0.25) is 0 Å². The van der Waals surface area contributed by atoms with Gasteiger partial charge in [-0.3, -0.25) is 0 Å². The molecule has 2 aromatic heterocycles. The summed E-state index contributed by atoms with van der Waals surface area (Å²) in [6.07, 6.45) is 4.72. The first-order chi connectivity index (χ1) is 11.1. The largest absolute Gasteiger partial charge is 0.496 e. The second-order valence-corrected chi connectivity index (χ2v) is 5.88. The summed E-state index contributed by atoms with van der Waals surface area (Å²) in [6.45, 7) is 0.644. The van der Waals surface area contributed by atoms with E-state index >= 15 is 0 Å². The first kappa shape index (κ1) is 16.1. The van der Waals surface area contributed by atoms with Crippen molar-refractivity contribution < 1.29 is 9.47 Å². The molecular formula is C17H16Cl2N2O2. The Morgan fingerprint density at radius 3 is 2.74 bits per heavy atom. The Labute approximate surface area is 144 Å². The molecule has 0 amide bonds. The fourth-order valence-electron chi connectivity index (χ4n) is 2.49. The second kappa shape index (κ2) is 6.79. The third-order valence-electron chi connectivity index (χ3n) is 3.64. The number of benzene rings is 1. The molecule has 0 unspecified atom stereocenters. The van der Waals surface area contributed by atoms with Gasteiger partial charge in [0.1, 0.15) is 11.4 Å². The van der Waals surface area contributed by atoms with E-state index in [2.05, 4.69) is 4.98 Å². The van der Waals surface area contributed by atoms with Crippen molar-refractivity contribution >= 4 is 28.8 Å². The highest BCUT2D eigenvalue weighted by Crippen LogP contribution is 2.40. The minimum Gasteiger partial charge on any atom is -0.496 e. The Bertz CT molecular complexity index is 846. The quantitative estimate of drug-likeness (QED) is 0.679. The molecule has 0 aliphatic rings. The topological polar surface area (TPSA) is 35.8 Å². The molecule has 3 aromatic rings. The van der Waals surface area contributed by atoms with Crippen LogP contribution in [0.2, 0.25) is 10.0 Å². The van der Waals surface area contributed by atoms with E-state index in [0.717, 1.165) is 28.9 Å². The number of methoxy groups -OCH3 is 2. The zero-order chi connectivity index (χ0) is 16.4. The molecular weight excluding hydrogens is 335 g/mol. The highest BCUT2D eigenvalue weighted by Gasteiger charge is 2.14. The molecule has 0 atom stereocenters. The van der Waals surface area contributed by atoms with E-state index in [1.807, 2.05) is 35.0 Å². The normalized spacial score (nSPS) is 11.1. The molecule has 2 heterocycles. The van der Waals surface area contributed by atoms with Gasteiger partial charge in [-0.15, -0.1) is 0 Å². The average molecular weight is 351 g/mol. The maximum Gasteiger partial charge on any atom is 0.137 e. The van der Waals surface area contributed by atoms with Crippen molar-refractivity contribution in [2.24, 2.45) is 0 Å². The number of nitrogens with zero attached hydrogens (tertiary/aromatic N) is 2. The molecule has 23 heavy (non-hydrogen) atoms. The van der Waals surface area contributed by atoms with Crippen molar-refractivity contribution in [1.29, 1.82) is 0 Å². The van der Waals surface area contributed by atoms with Gasteiger partial charge >= 0.3 is 0 Å². The maximum atomic E-state index is 6.38. The lowest BCUT2D eigenvalue weighted by Crippen LogP contribution is -1.93. The van der Waals surface area contributed by atoms with Gasteiger partial charge in [0.15, 0.2) is 0 Å². The van der Waals surface area contributed by atoms with Crippen LogP contribution in [-0.4, -0.2) is 30.2 Å². The Balaban J connectivity index is 2.09. The smallest absolute Gasteiger partial charge is 0.137 e. The monoisotopic (exact) mass is 350 g/mol. The van der Waals surface area contributed by atoms with Gasteiger partial charge in [0.25, 0.3) is 0 Å². The fourth-order valence-corrected chi connectivity index (χ4v) is 2.91. The molecule has 0 fully saturated rings. The molecule has 4 nitrogen and oxygen atoms in total. The van der Waals surface area contributed by atoms with Crippen LogP contribution < -0.4 is 4.74 Å². The van der Waals surface area contributed by atoms with E-state index in [-0.39, 0.29) is 0 Å². The summed E-state index contributed by atoms with van der Waals surface area (Å²) in [5, 5.41) is 0.966. The molecule has 120 valence electrons. The van der Waals surface area contributed by atoms with Crippen molar-refractivity contribution in [1.82, 2.24) is 9.38 Å². The number of imidazole rings is 1. The van der Waals surface area contributed by atoms with Crippen LogP contribution in [0, 0.1) is 0 Å². The van der Waals surface area contributed by atoms with Crippen LogP contribution >= 0.6 is 23.2 Å². The number of hydrogen-bond donors (Lipinski definition) is 0. The van der Waals surface area contributed by atoms with Crippen molar-refractivity contribution in [3.63, 3.8) is 0 Å². The third kappa shape index (κ3) is 3.15. The van der Waals surface area contributed by atoms with E-state index in [4.69, 9.17) is 32.7 Å². The summed E-state index contributed by atoms with van der Waals surface area (Å²) in [7, 11) is 3.29. The lowest BCUT2D eigenvalue weighted by Gasteiger charge is -2.12. The average Bonchev–Trinajstić information content (AvgIpc) is 2.97. The Morgan fingerprint density at radius 1 is 1.17 bits per heavy atom. The highest BCUT2D eigenvalue weighted by molar-refractivity contribution is 6.44. The van der Waals surface area contributed by atoms with Crippen molar-refractivity contribution in [3.8, 4) is 16.9 Å². The molecule has 3 rings (SSSR count). The van der Waals surface area contributed by atoms with Crippen LogP contribution in [-0.2, 0) is 11.2 Å². The maximum absolute atomic E-state index is 6.38. The molecule has 0 saturated heterocycles. The summed E-state index contributed by atoms with van der Waals surface area (Å²) in [4.78, 5) is 4.61. The van der Waals surface area contributed by atoms with Crippen LogP contribution in [0.3, 0.4) is 0 Å². The summed E-state index contributed by atoms with van der Waals surface area (Å²) in [5.74, 6) is 0.676. The van der Waals surface area contributed by atoms with Gasteiger partial charge in [-0.25, -0.2) is 4.98 Å². The van der Waals surface area contributed by atoms with Crippen LogP contribution in [0.25, 0.3) is 16.8 Å². The van der Waals surface area contributed by atoms with Crippen molar-refractivity contribution in [2.45, 2.75) is 6.42 Å². The number of pyridine rings is 1. The second-order valence-electron chi connectivity index (χ2n) is 5.09. The number of hydrogen-bond acceptors (Lipinski definition) is 3. The number of ether oxygens (including phenoxy) is 2. The zero-order valence-electron chi connectivity index (χ0n) is 12.8. The summed E-state index contributed by atoms with van der Waals surface area (Å²) in [5.41, 5.74) is 3.50. The van der Waals surface area contributed by atoms with Gasteiger partial charge in [-0.2, -0.15) is 0 Å². The first-order valence-corrected chi connectivity index (χ1v) is 7.88. The molecule has 0 aliphatic carbocycles. The van der Waals surface area contributed by atoms with E-state index in [0.29, 0.717) is 22.4 Å². The zero-order valence-corrected chi connectivity index (χ0v) is 14.4. The first-order valence-electron chi connectivity index (χ1n) is 7.13. The third-order valence-corrected chi connectivity index (χ3v) is 4.44. The van der Waals surface area contributed by atoms with E-state index < -0.39 is 0 Å². The number of halogens is 2. The van der Waals surface area contributed by atoms with Gasteiger partial charge in [-0.05, 0) is 29.8 Å². The Morgan fingerprint density at radius 2 is 2.00 bits per heavy atom. The minimum atomic E-state index is 0.474. The van der Waals surface area contributed by atoms with Crippen LogP contribution in [0.15, 0.2) is 36.7 Å². The molecule has 0 bridgehead atoms. The van der Waals surface area contributed by atoms with E-state index in [9.17, 15) is 0 Å². The van der Waals surface area contributed by atoms with Gasteiger partial charge in [-0.1, -0.05) is 23.2 Å².